The van der Waals surface area contributed by atoms with E-state index in [1.807, 2.05) is 6.92 Å². The van der Waals surface area contributed by atoms with Crippen LogP contribution >= 0.6 is 0 Å². The molecule has 1 nitrogen and oxygen atoms in total. The highest BCUT2D eigenvalue weighted by molar-refractivity contribution is 5.25. The van der Waals surface area contributed by atoms with Gasteiger partial charge in [0.15, 0.2) is 0 Å². The second-order valence-corrected chi connectivity index (χ2v) is 2.87. The molecule has 0 N–H and O–H groups in total. The van der Waals surface area contributed by atoms with Crippen molar-refractivity contribution >= 4 is 6.72 Å². The van der Waals surface area contributed by atoms with Crippen LogP contribution in [-0.2, 0) is 12.6 Å². The molecule has 0 amide bonds. The molecule has 0 atom stereocenters. The predicted molar refractivity (Wildman–Crippen MR) is 56.3 cm³/mol. The van der Waals surface area contributed by atoms with Gasteiger partial charge in [0.1, 0.15) is 0 Å². The predicted octanol–water partition coefficient (Wildman–Crippen LogP) is 3.58. The Bertz CT molecular complexity index is 305. The van der Waals surface area contributed by atoms with Crippen molar-refractivity contribution in [1.29, 1.82) is 0 Å². The lowest BCUT2D eigenvalue weighted by Crippen LogP contribution is -2.04. The Morgan fingerprint density at radius 1 is 1.33 bits per heavy atom. The molecular weight excluding hydrogens is 203 g/mol. The van der Waals surface area contributed by atoms with Crippen molar-refractivity contribution in [3.63, 3.8) is 0 Å². The minimum absolute atomic E-state index is 0.568. The monoisotopic (exact) mass is 217 g/mol. The number of aryl methyl sites for hydroxylation is 1. The summed E-state index contributed by atoms with van der Waals surface area (Å²) in [6, 6.07) is 5.38. The third kappa shape index (κ3) is 5.20. The number of halogens is 3. The summed E-state index contributed by atoms with van der Waals surface area (Å²) in [5.41, 5.74) is 0.145. The molecule has 0 saturated heterocycles. The summed E-state index contributed by atoms with van der Waals surface area (Å²) in [4.78, 5) is 3.25. The molecule has 0 spiro atoms. The third-order valence-corrected chi connectivity index (χ3v) is 1.66. The quantitative estimate of drug-likeness (QED) is 0.637. The lowest BCUT2D eigenvalue weighted by Gasteiger charge is -2.06. The second-order valence-electron chi connectivity index (χ2n) is 2.87. The molecule has 0 aliphatic heterocycles. The van der Waals surface area contributed by atoms with Crippen molar-refractivity contribution in [3.05, 3.63) is 35.4 Å². The summed E-state index contributed by atoms with van der Waals surface area (Å²) in [7, 11) is 1.64. The fraction of sp³-hybridized carbons (Fsp3) is 0.364. The van der Waals surface area contributed by atoms with E-state index in [9.17, 15) is 13.2 Å². The van der Waals surface area contributed by atoms with Crippen molar-refractivity contribution in [2.24, 2.45) is 4.99 Å². The maximum atomic E-state index is 12.1. The van der Waals surface area contributed by atoms with Gasteiger partial charge in [0.2, 0.25) is 0 Å². The van der Waals surface area contributed by atoms with Crippen LogP contribution in [0.4, 0.5) is 13.2 Å². The molecule has 0 radical (unpaired) electrons. The number of aliphatic imine (C=N–C) groups is 1. The highest BCUT2D eigenvalue weighted by atomic mass is 19.4. The first-order valence-electron chi connectivity index (χ1n) is 4.46. The largest absolute Gasteiger partial charge is 0.416 e. The second kappa shape index (κ2) is 6.22. The fourth-order valence-corrected chi connectivity index (χ4v) is 0.968. The summed E-state index contributed by atoms with van der Waals surface area (Å²) in [6.07, 6.45) is -3.59. The van der Waals surface area contributed by atoms with Crippen molar-refractivity contribution in [1.82, 2.24) is 0 Å². The molecule has 0 aliphatic carbocycles. The smallest absolute Gasteiger partial charge is 0.304 e. The zero-order chi connectivity index (χ0) is 11.9. The minimum Gasteiger partial charge on any atom is -0.304 e. The highest BCUT2D eigenvalue weighted by Gasteiger charge is 2.30. The van der Waals surface area contributed by atoms with Gasteiger partial charge in [0, 0.05) is 7.05 Å². The van der Waals surface area contributed by atoms with E-state index in [1.165, 1.54) is 12.1 Å². The van der Waals surface area contributed by atoms with Crippen LogP contribution < -0.4 is 0 Å². The molecule has 0 saturated carbocycles. The summed E-state index contributed by atoms with van der Waals surface area (Å²) in [6.45, 7) is 4.94. The van der Waals surface area contributed by atoms with Crippen molar-refractivity contribution in [2.75, 3.05) is 7.05 Å². The van der Waals surface area contributed by atoms with Gasteiger partial charge in [-0.1, -0.05) is 25.1 Å². The first kappa shape index (κ1) is 13.7. The SMILES string of the molecule is C=NC.CCc1cccc(C(F)(F)F)c1. The van der Waals surface area contributed by atoms with E-state index in [0.717, 1.165) is 6.07 Å². The van der Waals surface area contributed by atoms with Gasteiger partial charge in [-0.15, -0.1) is 0 Å². The molecule has 84 valence electrons. The van der Waals surface area contributed by atoms with E-state index in [2.05, 4.69) is 11.7 Å². The Morgan fingerprint density at radius 2 is 1.87 bits per heavy atom. The first-order valence-corrected chi connectivity index (χ1v) is 4.46. The standard InChI is InChI=1S/C9H9F3.C2H5N/c1-2-7-4-3-5-8(6-7)9(10,11)12;1-3-2/h3-6H,2H2,1H3;1H2,2H3. The van der Waals surface area contributed by atoms with Crippen LogP contribution in [0.1, 0.15) is 18.1 Å². The molecule has 1 aromatic carbocycles. The molecule has 0 aromatic heterocycles. The number of alkyl halides is 3. The topological polar surface area (TPSA) is 12.4 Å². The summed E-state index contributed by atoms with van der Waals surface area (Å²) in [5.74, 6) is 0. The number of hydrogen-bond donors (Lipinski definition) is 0. The number of hydrogen-bond acceptors (Lipinski definition) is 1. The van der Waals surface area contributed by atoms with Crippen LogP contribution in [0.3, 0.4) is 0 Å². The first-order chi connectivity index (χ1) is 6.95. The summed E-state index contributed by atoms with van der Waals surface area (Å²) >= 11 is 0. The van der Waals surface area contributed by atoms with Gasteiger partial charge >= 0.3 is 6.18 Å². The molecule has 0 fully saturated rings. The van der Waals surface area contributed by atoms with Gasteiger partial charge < -0.3 is 4.99 Å². The van der Waals surface area contributed by atoms with E-state index in [1.54, 1.807) is 13.1 Å². The van der Waals surface area contributed by atoms with Crippen LogP contribution in [0.2, 0.25) is 0 Å². The summed E-state index contributed by atoms with van der Waals surface area (Å²) in [5, 5.41) is 0. The lowest BCUT2D eigenvalue weighted by molar-refractivity contribution is -0.137. The van der Waals surface area contributed by atoms with Crippen LogP contribution in [0.25, 0.3) is 0 Å². The van der Waals surface area contributed by atoms with Gasteiger partial charge in [-0.25, -0.2) is 0 Å². The molecule has 1 aromatic rings. The maximum absolute atomic E-state index is 12.1. The van der Waals surface area contributed by atoms with Gasteiger partial charge in [0.05, 0.1) is 5.56 Å². The molecule has 4 heteroatoms. The number of nitrogens with zero attached hydrogens (tertiary/aromatic N) is 1. The van der Waals surface area contributed by atoms with E-state index < -0.39 is 11.7 Å². The Kier molecular flexibility index (Phi) is 5.67. The molecule has 1 rings (SSSR count). The Balaban J connectivity index is 0.000000583. The van der Waals surface area contributed by atoms with Crippen molar-refractivity contribution < 1.29 is 13.2 Å². The van der Waals surface area contributed by atoms with E-state index in [0.29, 0.717) is 12.0 Å². The zero-order valence-corrected chi connectivity index (χ0v) is 8.80. The van der Waals surface area contributed by atoms with Crippen LogP contribution in [0.15, 0.2) is 29.3 Å². The zero-order valence-electron chi connectivity index (χ0n) is 8.80. The number of benzene rings is 1. The Morgan fingerprint density at radius 3 is 2.27 bits per heavy atom. The van der Waals surface area contributed by atoms with Gasteiger partial charge in [-0.3, -0.25) is 0 Å². The molecule has 0 bridgehead atoms. The van der Waals surface area contributed by atoms with Crippen molar-refractivity contribution in [3.8, 4) is 0 Å². The average molecular weight is 217 g/mol. The van der Waals surface area contributed by atoms with Crippen molar-refractivity contribution in [2.45, 2.75) is 19.5 Å². The average Bonchev–Trinajstić information content (AvgIpc) is 2.18. The molecule has 0 heterocycles. The van der Waals surface area contributed by atoms with Gasteiger partial charge in [-0.05, 0) is 24.8 Å². The van der Waals surface area contributed by atoms with E-state index in [4.69, 9.17) is 0 Å². The highest BCUT2D eigenvalue weighted by Crippen LogP contribution is 2.29. The normalized spacial score (nSPS) is 10.2. The fourth-order valence-electron chi connectivity index (χ4n) is 0.968. The van der Waals surface area contributed by atoms with E-state index in [-0.39, 0.29) is 0 Å². The van der Waals surface area contributed by atoms with Crippen LogP contribution in [0, 0.1) is 0 Å². The minimum atomic E-state index is -4.22. The van der Waals surface area contributed by atoms with Gasteiger partial charge in [0.25, 0.3) is 0 Å². The molecular formula is C11H14F3N. The summed E-state index contributed by atoms with van der Waals surface area (Å²) < 4.78 is 36.3. The molecule has 15 heavy (non-hydrogen) atoms. The molecule has 0 aliphatic rings. The van der Waals surface area contributed by atoms with Crippen LogP contribution in [0.5, 0.6) is 0 Å². The lowest BCUT2D eigenvalue weighted by atomic mass is 10.1. The molecule has 0 unspecified atom stereocenters. The Hall–Kier alpha value is -1.32. The van der Waals surface area contributed by atoms with Gasteiger partial charge in [-0.2, -0.15) is 13.2 Å². The Labute approximate surface area is 87.7 Å². The van der Waals surface area contributed by atoms with Crippen LogP contribution in [-0.4, -0.2) is 13.8 Å². The maximum Gasteiger partial charge on any atom is 0.416 e. The third-order valence-electron chi connectivity index (χ3n) is 1.66. The number of rotatable bonds is 1. The van der Waals surface area contributed by atoms with E-state index >= 15 is 0 Å².